The van der Waals surface area contributed by atoms with Gasteiger partial charge in [-0.3, -0.25) is 9.80 Å². The normalized spacial score (nSPS) is 23.0. The third-order valence-electron chi connectivity index (χ3n) is 13.7. The number of hydrogen-bond donors (Lipinski definition) is 1. The van der Waals surface area contributed by atoms with Crippen molar-refractivity contribution in [3.8, 4) is 34.5 Å². The van der Waals surface area contributed by atoms with E-state index in [1.54, 1.807) is 18.2 Å². The molecule has 4 atom stereocenters. The molecule has 4 aliphatic rings. The first-order chi connectivity index (χ1) is 28.6. The van der Waals surface area contributed by atoms with Crippen LogP contribution in [-0.4, -0.2) is 115 Å². The van der Waals surface area contributed by atoms with Gasteiger partial charge in [0.25, 0.3) is 0 Å². The fraction of sp³-hybridized carbons (Fsp3) is 0.556. The minimum atomic E-state index is -2.32. The number of anilines is 1. The van der Waals surface area contributed by atoms with Crippen LogP contribution < -0.4 is 14.4 Å². The molecule has 0 spiro atoms. The molecule has 60 heavy (non-hydrogen) atoms. The van der Waals surface area contributed by atoms with Crippen molar-refractivity contribution in [3.05, 3.63) is 47.5 Å². The van der Waals surface area contributed by atoms with Crippen molar-refractivity contribution in [1.29, 1.82) is 0 Å². The number of ether oxygens (including phenoxy) is 3. The lowest BCUT2D eigenvalue weighted by Crippen LogP contribution is -2.55. The lowest BCUT2D eigenvalue weighted by molar-refractivity contribution is 0.0512. The molecule has 2 aromatic heterocycles. The van der Waals surface area contributed by atoms with Crippen molar-refractivity contribution in [3.63, 3.8) is 0 Å². The van der Waals surface area contributed by atoms with Crippen LogP contribution in [0.25, 0.3) is 33.1 Å². The molecule has 0 unspecified atom stereocenters. The zero-order valence-electron chi connectivity index (χ0n) is 35.5. The monoisotopic (exact) mass is 844 g/mol. The molecule has 1 amide bonds. The number of piperazine rings is 1. The molecule has 2 bridgehead atoms. The Hall–Kier alpha value is -4.65. The first-order valence-corrected chi connectivity index (χ1v) is 23.5. The third-order valence-corrected chi connectivity index (χ3v) is 20.0. The lowest BCUT2D eigenvalue weighted by Gasteiger charge is -2.40. The maximum absolute atomic E-state index is 17.1. The van der Waals surface area contributed by atoms with Crippen LogP contribution in [0.2, 0.25) is 16.6 Å². The van der Waals surface area contributed by atoms with Crippen molar-refractivity contribution in [2.75, 3.05) is 51.6 Å². The number of amides is 1. The average Bonchev–Trinajstić information content (AvgIpc) is 3.82. The number of alkyl halides is 1. The Bertz CT molecular complexity index is 2340. The summed E-state index contributed by atoms with van der Waals surface area (Å²) in [4.78, 5) is 32.3. The maximum Gasteiger partial charge on any atom is 0.407 e. The van der Waals surface area contributed by atoms with Crippen LogP contribution in [0.5, 0.6) is 11.8 Å². The van der Waals surface area contributed by atoms with E-state index in [0.717, 1.165) is 19.4 Å². The van der Waals surface area contributed by atoms with Gasteiger partial charge in [0, 0.05) is 44.1 Å². The van der Waals surface area contributed by atoms with E-state index in [0.29, 0.717) is 83.2 Å². The van der Waals surface area contributed by atoms with E-state index in [-0.39, 0.29) is 54.0 Å². The summed E-state index contributed by atoms with van der Waals surface area (Å²) in [6.07, 6.45) is 1.56. The van der Waals surface area contributed by atoms with E-state index < -0.39 is 37.5 Å². The molecular formula is C45H55F3N6O5Si. The largest absolute Gasteiger partial charge is 0.468 e. The van der Waals surface area contributed by atoms with Gasteiger partial charge in [0.05, 0.1) is 28.6 Å². The predicted octanol–water partition coefficient (Wildman–Crippen LogP) is 8.96. The smallest absolute Gasteiger partial charge is 0.407 e. The summed E-state index contributed by atoms with van der Waals surface area (Å²) >= 11 is 0. The Morgan fingerprint density at radius 1 is 0.967 bits per heavy atom. The number of carboxylic acid groups (broad SMARTS) is 1. The number of benzene rings is 2. The van der Waals surface area contributed by atoms with Crippen molar-refractivity contribution < 1.29 is 37.3 Å². The fourth-order valence-electron chi connectivity index (χ4n) is 11.1. The summed E-state index contributed by atoms with van der Waals surface area (Å²) < 4.78 is 65.6. The summed E-state index contributed by atoms with van der Waals surface area (Å²) in [5.41, 5.74) is 4.55. The second-order valence-electron chi connectivity index (χ2n) is 18.1. The van der Waals surface area contributed by atoms with Gasteiger partial charge in [0.2, 0.25) is 0 Å². The topological polar surface area (TPSA) is 113 Å². The Morgan fingerprint density at radius 3 is 2.35 bits per heavy atom. The van der Waals surface area contributed by atoms with Crippen LogP contribution in [0, 0.1) is 23.1 Å². The summed E-state index contributed by atoms with van der Waals surface area (Å²) in [6, 6.07) is 7.22. The fourth-order valence-corrected chi connectivity index (χ4v) is 16.3. The molecule has 4 fully saturated rings. The highest BCUT2D eigenvalue weighted by Gasteiger charge is 2.50. The van der Waals surface area contributed by atoms with Crippen molar-refractivity contribution in [2.45, 2.75) is 114 Å². The standard InChI is InChI=1S/C45H55F3N6O5Si/c1-26(2)60(27(3)4,28(5)6)16-13-34-37(47)12-9-29-17-33(59-25-57-7)18-35(39(29)34)40-38(48)19-36-41(49-40)50-43(58-24-45-14-8-15-53(45)21-30(46)20-45)51-42(36)52-22-31-10-11-32(23-52)54(31)44(55)56/h9,12,17-19,26-28,30-32H,8,10-11,14-15,20-25H2,1-7H3,(H,55,56)/t30-,31-,32+,45+/m1/s1. The summed E-state index contributed by atoms with van der Waals surface area (Å²) in [5.74, 6) is 2.83. The van der Waals surface area contributed by atoms with Crippen LogP contribution in [0.15, 0.2) is 30.3 Å². The van der Waals surface area contributed by atoms with Crippen molar-refractivity contribution in [1.82, 2.24) is 24.8 Å². The zero-order chi connectivity index (χ0) is 42.7. The molecular weight excluding hydrogens is 790 g/mol. The van der Waals surface area contributed by atoms with E-state index in [2.05, 4.69) is 57.9 Å². The van der Waals surface area contributed by atoms with Gasteiger partial charge in [-0.1, -0.05) is 53.5 Å². The molecule has 4 aliphatic heterocycles. The highest BCUT2D eigenvalue weighted by atomic mass is 28.3. The minimum absolute atomic E-state index is 0.0103. The van der Waals surface area contributed by atoms with Gasteiger partial charge in [-0.25, -0.2) is 22.9 Å². The highest BCUT2D eigenvalue weighted by molar-refractivity contribution is 6.90. The molecule has 0 aliphatic carbocycles. The van der Waals surface area contributed by atoms with Crippen LogP contribution in [0.3, 0.4) is 0 Å². The zero-order valence-corrected chi connectivity index (χ0v) is 36.5. The molecule has 4 saturated heterocycles. The van der Waals surface area contributed by atoms with Gasteiger partial charge in [-0.2, -0.15) is 9.97 Å². The van der Waals surface area contributed by atoms with E-state index in [1.807, 2.05) is 4.90 Å². The number of pyridine rings is 1. The van der Waals surface area contributed by atoms with Gasteiger partial charge >= 0.3 is 12.1 Å². The van der Waals surface area contributed by atoms with Crippen LogP contribution in [0.4, 0.5) is 23.8 Å². The lowest BCUT2D eigenvalue weighted by atomic mass is 9.95. The minimum Gasteiger partial charge on any atom is -0.468 e. The number of nitrogens with zero attached hydrogens (tertiary/aromatic N) is 6. The van der Waals surface area contributed by atoms with E-state index in [4.69, 9.17) is 29.2 Å². The van der Waals surface area contributed by atoms with Gasteiger partial charge in [-0.15, -0.1) is 5.54 Å². The van der Waals surface area contributed by atoms with Crippen molar-refractivity contribution >= 4 is 41.8 Å². The molecule has 11 nitrogen and oxygen atoms in total. The SMILES string of the molecule is COCOc1cc(-c2nc3nc(OC[C@@]45CCCN4C[C@H](F)C5)nc(N4C[C@H]5CC[C@@H](C4)N5C(=O)O)c3cc2F)c2c(C#C[Si](C(C)C)(C(C)C)C(C)C)c(F)ccc2c1. The average molecular weight is 845 g/mol. The number of carbonyl (C=O) groups is 1. The van der Waals surface area contributed by atoms with Crippen LogP contribution in [0.1, 0.15) is 79.2 Å². The second-order valence-corrected chi connectivity index (χ2v) is 23.6. The Labute approximate surface area is 350 Å². The maximum atomic E-state index is 17.1. The number of hydrogen-bond acceptors (Lipinski definition) is 9. The molecule has 6 heterocycles. The summed E-state index contributed by atoms with van der Waals surface area (Å²) in [5, 5.41) is 11.3. The van der Waals surface area contributed by atoms with E-state index in [1.165, 1.54) is 24.1 Å². The number of fused-ring (bicyclic) bond motifs is 5. The Kier molecular flexibility index (Phi) is 11.4. The third kappa shape index (κ3) is 7.32. The van der Waals surface area contributed by atoms with Gasteiger partial charge in [-0.05, 0) is 78.5 Å². The molecule has 15 heteroatoms. The Balaban J connectivity index is 1.31. The summed E-state index contributed by atoms with van der Waals surface area (Å²) in [6.45, 7) is 15.1. The van der Waals surface area contributed by atoms with Crippen LogP contribution >= 0.6 is 0 Å². The molecule has 0 radical (unpaired) electrons. The van der Waals surface area contributed by atoms with Gasteiger partial charge in [0.1, 0.15) is 49.7 Å². The van der Waals surface area contributed by atoms with Gasteiger partial charge in [0.15, 0.2) is 12.4 Å². The first-order valence-electron chi connectivity index (χ1n) is 21.2. The Morgan fingerprint density at radius 2 is 1.68 bits per heavy atom. The van der Waals surface area contributed by atoms with Gasteiger partial charge < -0.3 is 24.2 Å². The molecule has 4 aromatic rings. The van der Waals surface area contributed by atoms with Crippen molar-refractivity contribution in [2.24, 2.45) is 0 Å². The molecule has 1 N–H and O–H groups in total. The number of methoxy groups -OCH3 is 1. The van der Waals surface area contributed by atoms with E-state index >= 15 is 8.78 Å². The second kappa shape index (κ2) is 16.3. The first kappa shape index (κ1) is 42.1. The number of rotatable bonds is 11. The van der Waals surface area contributed by atoms with E-state index in [9.17, 15) is 14.3 Å². The summed E-state index contributed by atoms with van der Waals surface area (Å²) in [7, 11) is -0.822. The molecule has 320 valence electrons. The molecule has 0 saturated carbocycles. The number of halogens is 3. The number of aromatic nitrogens is 3. The molecule has 2 aromatic carbocycles. The predicted molar refractivity (Wildman–Crippen MR) is 228 cm³/mol. The van der Waals surface area contributed by atoms with Crippen LogP contribution in [-0.2, 0) is 4.74 Å². The quantitative estimate of drug-likeness (QED) is 0.0892. The highest BCUT2D eigenvalue weighted by Crippen LogP contribution is 2.44. The molecule has 8 rings (SSSR count).